The average molecular weight is 366 g/mol. The number of ether oxygens (including phenoxy) is 2. The summed E-state index contributed by atoms with van der Waals surface area (Å²) < 4.78 is 23.2. The number of nitrogens with one attached hydrogen (secondary N) is 2. The highest BCUT2D eigenvalue weighted by Crippen LogP contribution is 2.17. The lowest BCUT2D eigenvalue weighted by molar-refractivity contribution is -0.160. The molecule has 0 radical (unpaired) electrons. The van der Waals surface area contributed by atoms with E-state index in [-0.39, 0.29) is 6.04 Å². The maximum Gasteiger partial charge on any atom is 0.347 e. The minimum absolute atomic E-state index is 0.0739. The molecule has 8 heteroatoms. The first-order valence-electron chi connectivity index (χ1n) is 8.59. The van der Waals surface area contributed by atoms with Gasteiger partial charge in [-0.3, -0.25) is 10.1 Å². The summed E-state index contributed by atoms with van der Waals surface area (Å²) in [5, 5.41) is 4.87. The Bertz CT molecular complexity index is 643. The molecule has 1 aliphatic carbocycles. The van der Waals surface area contributed by atoms with Gasteiger partial charge >= 0.3 is 12.0 Å². The lowest BCUT2D eigenvalue weighted by atomic mass is 10.2. The zero-order valence-electron chi connectivity index (χ0n) is 14.8. The van der Waals surface area contributed by atoms with Gasteiger partial charge in [0.15, 0.2) is 12.2 Å². The van der Waals surface area contributed by atoms with E-state index in [9.17, 15) is 18.8 Å². The summed E-state index contributed by atoms with van der Waals surface area (Å²) in [6.07, 6.45) is 1.74. The lowest BCUT2D eigenvalue weighted by Gasteiger charge is -2.18. The normalized spacial score (nSPS) is 16.4. The number of amides is 3. The number of hydrogen-bond acceptors (Lipinski definition) is 5. The van der Waals surface area contributed by atoms with E-state index in [1.165, 1.54) is 38.1 Å². The standard InChI is InChI=1S/C18H23FN2O5/c1-11(16(22)21-18(24)20-14-5-3-4-6-14)26-17(23)12(2)25-15-9-7-13(19)8-10-15/h7-12,14H,3-6H2,1-2H3,(H2,20,21,22,24)/t11-,12-/m1/s1. The van der Waals surface area contributed by atoms with Crippen molar-refractivity contribution >= 4 is 17.9 Å². The Balaban J connectivity index is 1.76. The third kappa shape index (κ3) is 6.02. The van der Waals surface area contributed by atoms with E-state index in [1.54, 1.807) is 0 Å². The van der Waals surface area contributed by atoms with Crippen molar-refractivity contribution in [1.29, 1.82) is 0 Å². The van der Waals surface area contributed by atoms with Crippen molar-refractivity contribution in [3.63, 3.8) is 0 Å². The molecule has 3 amide bonds. The van der Waals surface area contributed by atoms with E-state index in [0.29, 0.717) is 5.75 Å². The Morgan fingerprint density at radius 3 is 2.31 bits per heavy atom. The van der Waals surface area contributed by atoms with Crippen LogP contribution in [0.15, 0.2) is 24.3 Å². The van der Waals surface area contributed by atoms with Crippen LogP contribution in [0.3, 0.4) is 0 Å². The molecule has 2 N–H and O–H groups in total. The third-order valence-electron chi connectivity index (χ3n) is 4.05. The smallest absolute Gasteiger partial charge is 0.347 e. The van der Waals surface area contributed by atoms with E-state index in [1.807, 2.05) is 0 Å². The number of rotatable bonds is 6. The first kappa shape index (κ1) is 19.7. The van der Waals surface area contributed by atoms with Crippen LogP contribution >= 0.6 is 0 Å². The molecule has 0 heterocycles. The number of carbonyl (C=O) groups is 3. The molecular weight excluding hydrogens is 343 g/mol. The van der Waals surface area contributed by atoms with Crippen molar-refractivity contribution in [2.45, 2.75) is 57.8 Å². The van der Waals surface area contributed by atoms with Crippen LogP contribution in [0.4, 0.5) is 9.18 Å². The number of urea groups is 1. The number of benzene rings is 1. The molecule has 1 fully saturated rings. The van der Waals surface area contributed by atoms with Crippen LogP contribution in [0.2, 0.25) is 0 Å². The summed E-state index contributed by atoms with van der Waals surface area (Å²) in [6.45, 7) is 2.81. The Hall–Kier alpha value is -2.64. The monoisotopic (exact) mass is 366 g/mol. The van der Waals surface area contributed by atoms with Gasteiger partial charge in [0.1, 0.15) is 11.6 Å². The van der Waals surface area contributed by atoms with Gasteiger partial charge in [0.2, 0.25) is 0 Å². The molecule has 0 unspecified atom stereocenters. The zero-order valence-corrected chi connectivity index (χ0v) is 14.8. The van der Waals surface area contributed by atoms with Crippen molar-refractivity contribution in [3.8, 4) is 5.75 Å². The molecule has 2 rings (SSSR count). The van der Waals surface area contributed by atoms with Crippen LogP contribution in [-0.2, 0) is 14.3 Å². The molecule has 26 heavy (non-hydrogen) atoms. The van der Waals surface area contributed by atoms with Crippen molar-refractivity contribution in [1.82, 2.24) is 10.6 Å². The Labute approximate surface area is 151 Å². The van der Waals surface area contributed by atoms with Gasteiger partial charge in [0.25, 0.3) is 5.91 Å². The van der Waals surface area contributed by atoms with Gasteiger partial charge in [0.05, 0.1) is 0 Å². The highest BCUT2D eigenvalue weighted by atomic mass is 19.1. The molecule has 0 aromatic heterocycles. The van der Waals surface area contributed by atoms with Gasteiger partial charge in [0, 0.05) is 6.04 Å². The highest BCUT2D eigenvalue weighted by molar-refractivity contribution is 5.97. The topological polar surface area (TPSA) is 93.7 Å². The first-order valence-corrected chi connectivity index (χ1v) is 8.59. The van der Waals surface area contributed by atoms with Crippen LogP contribution < -0.4 is 15.4 Å². The molecule has 1 aromatic rings. The van der Waals surface area contributed by atoms with Crippen molar-refractivity contribution in [2.24, 2.45) is 0 Å². The summed E-state index contributed by atoms with van der Waals surface area (Å²) in [4.78, 5) is 35.7. The summed E-state index contributed by atoms with van der Waals surface area (Å²) in [7, 11) is 0. The number of halogens is 1. The molecule has 1 aliphatic rings. The van der Waals surface area contributed by atoms with Crippen LogP contribution in [0.1, 0.15) is 39.5 Å². The fourth-order valence-electron chi connectivity index (χ4n) is 2.59. The van der Waals surface area contributed by atoms with Crippen LogP contribution in [0.5, 0.6) is 5.75 Å². The average Bonchev–Trinajstić information content (AvgIpc) is 3.09. The second-order valence-corrected chi connectivity index (χ2v) is 6.24. The number of esters is 1. The quantitative estimate of drug-likeness (QED) is 0.754. The molecule has 0 bridgehead atoms. The highest BCUT2D eigenvalue weighted by Gasteiger charge is 2.25. The summed E-state index contributed by atoms with van der Waals surface area (Å²) in [6, 6.07) is 4.63. The van der Waals surface area contributed by atoms with Crippen LogP contribution in [0.25, 0.3) is 0 Å². The van der Waals surface area contributed by atoms with E-state index >= 15 is 0 Å². The minimum Gasteiger partial charge on any atom is -0.479 e. The predicted molar refractivity (Wildman–Crippen MR) is 91.0 cm³/mol. The maximum atomic E-state index is 12.9. The molecule has 7 nitrogen and oxygen atoms in total. The Morgan fingerprint density at radius 2 is 1.69 bits per heavy atom. The Kier molecular flexibility index (Phi) is 6.94. The number of hydrogen-bond donors (Lipinski definition) is 2. The van der Waals surface area contributed by atoms with Gasteiger partial charge < -0.3 is 14.8 Å². The molecule has 0 saturated heterocycles. The summed E-state index contributed by atoms with van der Waals surface area (Å²) in [5.41, 5.74) is 0. The molecule has 1 saturated carbocycles. The fourth-order valence-corrected chi connectivity index (χ4v) is 2.59. The SMILES string of the molecule is C[C@@H](OC(=O)[C@@H](C)Oc1ccc(F)cc1)C(=O)NC(=O)NC1CCCC1. The second-order valence-electron chi connectivity index (χ2n) is 6.24. The van der Waals surface area contributed by atoms with Gasteiger partial charge in [-0.05, 0) is 51.0 Å². The molecular formula is C18H23FN2O5. The fraction of sp³-hybridized carbons (Fsp3) is 0.500. The first-order chi connectivity index (χ1) is 12.3. The van der Waals surface area contributed by atoms with Crippen molar-refractivity contribution in [3.05, 3.63) is 30.1 Å². The summed E-state index contributed by atoms with van der Waals surface area (Å²) >= 11 is 0. The molecule has 0 aliphatic heterocycles. The number of imide groups is 1. The van der Waals surface area contributed by atoms with E-state index < -0.39 is 35.9 Å². The third-order valence-corrected chi connectivity index (χ3v) is 4.05. The molecule has 2 atom stereocenters. The predicted octanol–water partition coefficient (Wildman–Crippen LogP) is 2.29. The largest absolute Gasteiger partial charge is 0.479 e. The lowest BCUT2D eigenvalue weighted by Crippen LogP contribution is -2.47. The molecule has 1 aromatic carbocycles. The molecule has 0 spiro atoms. The van der Waals surface area contributed by atoms with Gasteiger partial charge in [-0.2, -0.15) is 0 Å². The van der Waals surface area contributed by atoms with Gasteiger partial charge in [-0.25, -0.2) is 14.0 Å². The zero-order chi connectivity index (χ0) is 19.1. The van der Waals surface area contributed by atoms with Gasteiger partial charge in [-0.1, -0.05) is 12.8 Å². The maximum absolute atomic E-state index is 12.9. The molecule has 142 valence electrons. The Morgan fingerprint density at radius 1 is 1.08 bits per heavy atom. The van der Waals surface area contributed by atoms with Crippen molar-refractivity contribution < 1.29 is 28.2 Å². The van der Waals surface area contributed by atoms with E-state index in [2.05, 4.69) is 10.6 Å². The number of carbonyl (C=O) groups excluding carboxylic acids is 3. The van der Waals surface area contributed by atoms with Crippen LogP contribution in [0, 0.1) is 5.82 Å². The van der Waals surface area contributed by atoms with E-state index in [0.717, 1.165) is 25.7 Å². The second kappa shape index (κ2) is 9.17. The summed E-state index contributed by atoms with van der Waals surface area (Å²) in [5.74, 6) is -1.62. The van der Waals surface area contributed by atoms with Crippen LogP contribution in [-0.4, -0.2) is 36.2 Å². The van der Waals surface area contributed by atoms with E-state index in [4.69, 9.17) is 9.47 Å². The minimum atomic E-state index is -1.16. The van der Waals surface area contributed by atoms with Gasteiger partial charge in [-0.15, -0.1) is 0 Å². The van der Waals surface area contributed by atoms with Crippen molar-refractivity contribution in [2.75, 3.05) is 0 Å².